The van der Waals surface area contributed by atoms with Gasteiger partial charge >= 0.3 is 0 Å². The van der Waals surface area contributed by atoms with Crippen LogP contribution in [0.1, 0.15) is 46.0 Å². The van der Waals surface area contributed by atoms with E-state index in [1.54, 1.807) is 0 Å². The van der Waals surface area contributed by atoms with Gasteiger partial charge in [0.2, 0.25) is 5.96 Å². The molecule has 1 fully saturated rings. The van der Waals surface area contributed by atoms with E-state index in [2.05, 4.69) is 22.7 Å². The second kappa shape index (κ2) is 8.32. The minimum atomic E-state index is 0.476. The molecule has 0 bridgehead atoms. The molecule has 4 N–H and O–H groups in total. The Morgan fingerprint density at radius 1 is 1.39 bits per heavy atom. The molecule has 5 heteroatoms. The van der Waals surface area contributed by atoms with Crippen LogP contribution in [-0.4, -0.2) is 32.3 Å². The molecule has 0 heterocycles. The first-order chi connectivity index (χ1) is 8.76. The monoisotopic (exact) mass is 256 g/mol. The topological polar surface area (TPSA) is 71.7 Å². The summed E-state index contributed by atoms with van der Waals surface area (Å²) in [6.45, 7) is 7.52. The lowest BCUT2D eigenvalue weighted by Crippen LogP contribution is -2.42. The molecule has 1 aliphatic carbocycles. The van der Waals surface area contributed by atoms with Gasteiger partial charge in [0.05, 0.1) is 0 Å². The molecule has 0 spiro atoms. The number of hydrogen-bond acceptors (Lipinski definition) is 3. The predicted octanol–water partition coefficient (Wildman–Crippen LogP) is 1.40. The van der Waals surface area contributed by atoms with E-state index >= 15 is 0 Å². The highest BCUT2D eigenvalue weighted by molar-refractivity contribution is 5.79. The fourth-order valence-corrected chi connectivity index (χ4v) is 2.12. The summed E-state index contributed by atoms with van der Waals surface area (Å²) in [5, 5.41) is 3.20. The molecule has 0 aromatic carbocycles. The maximum absolute atomic E-state index is 5.46. The zero-order chi connectivity index (χ0) is 13.3. The van der Waals surface area contributed by atoms with Crippen LogP contribution in [0.4, 0.5) is 0 Å². The second-order valence-electron chi connectivity index (χ2n) is 5.04. The van der Waals surface area contributed by atoms with Crippen molar-refractivity contribution in [1.82, 2.24) is 10.7 Å². The molecule has 1 rings (SSSR count). The summed E-state index contributed by atoms with van der Waals surface area (Å²) in [7, 11) is 0. The first kappa shape index (κ1) is 15.2. The Kier molecular flexibility index (Phi) is 7.05. The lowest BCUT2D eigenvalue weighted by molar-refractivity contribution is 0.145. The minimum absolute atomic E-state index is 0.476. The van der Waals surface area contributed by atoms with Crippen molar-refractivity contribution in [3.8, 4) is 0 Å². The Labute approximate surface area is 111 Å². The summed E-state index contributed by atoms with van der Waals surface area (Å²) < 4.78 is 5.27. The van der Waals surface area contributed by atoms with E-state index in [4.69, 9.17) is 10.6 Å². The van der Waals surface area contributed by atoms with Crippen molar-refractivity contribution in [3.05, 3.63) is 0 Å². The van der Waals surface area contributed by atoms with Crippen molar-refractivity contribution in [2.75, 3.05) is 26.3 Å². The number of hydrogen-bond donors (Lipinski definition) is 3. The van der Waals surface area contributed by atoms with Crippen molar-refractivity contribution in [1.29, 1.82) is 0 Å². The maximum Gasteiger partial charge on any atom is 0.205 e. The van der Waals surface area contributed by atoms with E-state index < -0.39 is 0 Å². The fraction of sp³-hybridized carbons (Fsp3) is 0.923. The lowest BCUT2D eigenvalue weighted by Gasteiger charge is -2.13. The smallest absolute Gasteiger partial charge is 0.205 e. The lowest BCUT2D eigenvalue weighted by atomic mass is 10.0. The molecule has 1 saturated carbocycles. The Balaban J connectivity index is 2.19. The molecule has 5 nitrogen and oxygen atoms in total. The summed E-state index contributed by atoms with van der Waals surface area (Å²) in [6.07, 6.45) is 6.11. The average Bonchev–Trinajstić information content (AvgIpc) is 3.13. The van der Waals surface area contributed by atoms with Crippen LogP contribution in [0.3, 0.4) is 0 Å². The number of nitrogens with two attached hydrogens (primary N) is 1. The van der Waals surface area contributed by atoms with E-state index in [1.165, 1.54) is 25.7 Å². The number of aliphatic imine (C=N–C) groups is 1. The standard InChI is InChI=1S/C13H28N4O/c1-3-6-13(7-8-13)11-16-12(17-14)15-9-5-10-18-4-2/h3-11,14H2,1-2H3,(H2,15,16,17). The summed E-state index contributed by atoms with van der Waals surface area (Å²) in [5.41, 5.74) is 3.11. The zero-order valence-electron chi connectivity index (χ0n) is 11.8. The van der Waals surface area contributed by atoms with Gasteiger partial charge in [-0.25, -0.2) is 5.84 Å². The van der Waals surface area contributed by atoms with Crippen molar-refractivity contribution in [2.45, 2.75) is 46.0 Å². The normalized spacial score (nSPS) is 17.6. The number of nitrogens with zero attached hydrogens (tertiary/aromatic N) is 1. The summed E-state index contributed by atoms with van der Waals surface area (Å²) in [4.78, 5) is 4.54. The third-order valence-electron chi connectivity index (χ3n) is 3.41. The molecule has 0 aromatic rings. The molecule has 0 atom stereocenters. The molecule has 0 aliphatic heterocycles. The number of guanidine groups is 1. The zero-order valence-corrected chi connectivity index (χ0v) is 11.8. The Bertz CT molecular complexity index is 251. The van der Waals surface area contributed by atoms with Crippen LogP contribution in [0, 0.1) is 5.41 Å². The van der Waals surface area contributed by atoms with Crippen LogP contribution >= 0.6 is 0 Å². The van der Waals surface area contributed by atoms with Crippen LogP contribution in [0.5, 0.6) is 0 Å². The first-order valence-corrected chi connectivity index (χ1v) is 7.09. The highest BCUT2D eigenvalue weighted by Crippen LogP contribution is 2.49. The molecule has 1 aliphatic rings. The number of nitrogens with one attached hydrogen (secondary N) is 2. The van der Waals surface area contributed by atoms with E-state index in [0.717, 1.165) is 32.7 Å². The van der Waals surface area contributed by atoms with Gasteiger partial charge in [-0.05, 0) is 38.0 Å². The van der Waals surface area contributed by atoms with E-state index in [0.29, 0.717) is 11.4 Å². The van der Waals surface area contributed by atoms with E-state index in [1.807, 2.05) is 6.92 Å². The fourth-order valence-electron chi connectivity index (χ4n) is 2.12. The van der Waals surface area contributed by atoms with Gasteiger partial charge in [-0.3, -0.25) is 10.4 Å². The molecule has 0 saturated heterocycles. The Morgan fingerprint density at radius 3 is 2.72 bits per heavy atom. The molecular weight excluding hydrogens is 228 g/mol. The quantitative estimate of drug-likeness (QED) is 0.192. The predicted molar refractivity (Wildman–Crippen MR) is 75.3 cm³/mol. The van der Waals surface area contributed by atoms with Gasteiger partial charge in [-0.2, -0.15) is 0 Å². The minimum Gasteiger partial charge on any atom is -0.382 e. The molecular formula is C13H28N4O. The van der Waals surface area contributed by atoms with Crippen molar-refractivity contribution in [2.24, 2.45) is 16.3 Å². The van der Waals surface area contributed by atoms with E-state index in [-0.39, 0.29) is 0 Å². The largest absolute Gasteiger partial charge is 0.382 e. The molecule has 106 valence electrons. The van der Waals surface area contributed by atoms with Crippen LogP contribution in [0.25, 0.3) is 0 Å². The van der Waals surface area contributed by atoms with E-state index in [9.17, 15) is 0 Å². The van der Waals surface area contributed by atoms with Gasteiger partial charge in [-0.1, -0.05) is 13.3 Å². The van der Waals surface area contributed by atoms with Gasteiger partial charge in [-0.15, -0.1) is 0 Å². The van der Waals surface area contributed by atoms with Crippen molar-refractivity contribution < 1.29 is 4.74 Å². The molecule has 18 heavy (non-hydrogen) atoms. The average molecular weight is 256 g/mol. The summed E-state index contributed by atoms with van der Waals surface area (Å²) in [6, 6.07) is 0. The number of hydrazine groups is 1. The first-order valence-electron chi connectivity index (χ1n) is 7.09. The molecule has 0 aromatic heterocycles. The van der Waals surface area contributed by atoms with Crippen LogP contribution in [0.2, 0.25) is 0 Å². The van der Waals surface area contributed by atoms with Crippen LogP contribution in [0.15, 0.2) is 4.99 Å². The van der Waals surface area contributed by atoms with Gasteiger partial charge in [0, 0.05) is 26.3 Å². The molecule has 0 radical (unpaired) electrons. The van der Waals surface area contributed by atoms with Gasteiger partial charge < -0.3 is 10.1 Å². The number of ether oxygens (including phenoxy) is 1. The molecule has 0 amide bonds. The highest BCUT2D eigenvalue weighted by atomic mass is 16.5. The Morgan fingerprint density at radius 2 is 2.17 bits per heavy atom. The highest BCUT2D eigenvalue weighted by Gasteiger charge is 2.41. The van der Waals surface area contributed by atoms with Crippen LogP contribution in [-0.2, 0) is 4.74 Å². The second-order valence-corrected chi connectivity index (χ2v) is 5.04. The molecule has 0 unspecified atom stereocenters. The number of rotatable bonds is 9. The van der Waals surface area contributed by atoms with Gasteiger partial charge in [0.15, 0.2) is 0 Å². The van der Waals surface area contributed by atoms with Crippen molar-refractivity contribution >= 4 is 5.96 Å². The van der Waals surface area contributed by atoms with Crippen molar-refractivity contribution in [3.63, 3.8) is 0 Å². The summed E-state index contributed by atoms with van der Waals surface area (Å²) in [5.74, 6) is 6.17. The third-order valence-corrected chi connectivity index (χ3v) is 3.41. The van der Waals surface area contributed by atoms with Crippen LogP contribution < -0.4 is 16.6 Å². The third kappa shape index (κ3) is 5.69. The SMILES string of the molecule is CCCC1(CN=C(NN)NCCCOCC)CC1. The van der Waals surface area contributed by atoms with Gasteiger partial charge in [0.25, 0.3) is 0 Å². The maximum atomic E-state index is 5.46. The summed E-state index contributed by atoms with van der Waals surface area (Å²) >= 11 is 0. The van der Waals surface area contributed by atoms with Gasteiger partial charge in [0.1, 0.15) is 0 Å². The Hall–Kier alpha value is -0.810.